The molecule has 0 bridgehead atoms. The summed E-state index contributed by atoms with van der Waals surface area (Å²) >= 11 is 0. The van der Waals surface area contributed by atoms with Crippen molar-refractivity contribution in [3.05, 3.63) is 29.8 Å². The third-order valence-electron chi connectivity index (χ3n) is 2.34. The molecular formula is C12H15F2NO. The standard InChI is InChI=1S/C12H15F2NO/c1-9(16)4-3-7-15(2)12-8-10(13)5-6-11(12)14/h5-6,8H,3-4,7H2,1-2H3. The van der Waals surface area contributed by atoms with Crippen molar-refractivity contribution >= 4 is 11.5 Å². The number of benzene rings is 1. The van der Waals surface area contributed by atoms with E-state index in [0.29, 0.717) is 19.4 Å². The number of rotatable bonds is 5. The molecule has 1 rings (SSSR count). The molecule has 16 heavy (non-hydrogen) atoms. The fourth-order valence-corrected chi connectivity index (χ4v) is 1.46. The lowest BCUT2D eigenvalue weighted by atomic mass is 10.2. The average Bonchev–Trinajstić information content (AvgIpc) is 2.21. The first-order valence-electron chi connectivity index (χ1n) is 5.16. The highest BCUT2D eigenvalue weighted by Gasteiger charge is 2.08. The van der Waals surface area contributed by atoms with E-state index in [9.17, 15) is 13.6 Å². The fraction of sp³-hybridized carbons (Fsp3) is 0.417. The van der Waals surface area contributed by atoms with Gasteiger partial charge in [0.1, 0.15) is 17.4 Å². The van der Waals surface area contributed by atoms with Gasteiger partial charge in [-0.3, -0.25) is 0 Å². The van der Waals surface area contributed by atoms with Gasteiger partial charge in [0.15, 0.2) is 0 Å². The lowest BCUT2D eigenvalue weighted by Gasteiger charge is -2.19. The molecule has 0 radical (unpaired) electrons. The van der Waals surface area contributed by atoms with E-state index in [0.717, 1.165) is 18.2 Å². The summed E-state index contributed by atoms with van der Waals surface area (Å²) in [6.07, 6.45) is 1.10. The summed E-state index contributed by atoms with van der Waals surface area (Å²) in [6, 6.07) is 3.34. The molecule has 0 aromatic heterocycles. The van der Waals surface area contributed by atoms with Crippen LogP contribution in [0.1, 0.15) is 19.8 Å². The van der Waals surface area contributed by atoms with Crippen LogP contribution >= 0.6 is 0 Å². The van der Waals surface area contributed by atoms with Gasteiger partial charge < -0.3 is 9.69 Å². The molecule has 0 heterocycles. The molecule has 0 aliphatic heterocycles. The molecule has 88 valence electrons. The Labute approximate surface area is 93.9 Å². The number of nitrogens with zero attached hydrogens (tertiary/aromatic N) is 1. The Bertz CT molecular complexity index is 379. The van der Waals surface area contributed by atoms with Crippen molar-refractivity contribution in [2.75, 3.05) is 18.5 Å². The van der Waals surface area contributed by atoms with Crippen LogP contribution < -0.4 is 4.90 Å². The Morgan fingerprint density at radius 1 is 1.38 bits per heavy atom. The van der Waals surface area contributed by atoms with Gasteiger partial charge in [0.2, 0.25) is 0 Å². The molecule has 1 aromatic carbocycles. The summed E-state index contributed by atoms with van der Waals surface area (Å²) in [5, 5.41) is 0. The maximum Gasteiger partial charge on any atom is 0.146 e. The molecule has 4 heteroatoms. The van der Waals surface area contributed by atoms with E-state index in [1.165, 1.54) is 6.92 Å². The maximum atomic E-state index is 13.3. The molecule has 0 saturated heterocycles. The van der Waals surface area contributed by atoms with Gasteiger partial charge in [-0.15, -0.1) is 0 Å². The molecular weight excluding hydrogens is 212 g/mol. The van der Waals surface area contributed by atoms with Gasteiger partial charge in [0.05, 0.1) is 5.69 Å². The van der Waals surface area contributed by atoms with Crippen LogP contribution in [0.2, 0.25) is 0 Å². The summed E-state index contributed by atoms with van der Waals surface area (Å²) in [6.45, 7) is 2.04. The smallest absolute Gasteiger partial charge is 0.146 e. The molecule has 0 unspecified atom stereocenters. The van der Waals surface area contributed by atoms with Crippen LogP contribution in [-0.2, 0) is 4.79 Å². The normalized spacial score (nSPS) is 10.2. The highest BCUT2D eigenvalue weighted by atomic mass is 19.1. The van der Waals surface area contributed by atoms with Gasteiger partial charge in [-0.1, -0.05) is 0 Å². The van der Waals surface area contributed by atoms with Gasteiger partial charge in [-0.25, -0.2) is 8.78 Å². The van der Waals surface area contributed by atoms with E-state index in [-0.39, 0.29) is 11.5 Å². The topological polar surface area (TPSA) is 20.3 Å². The van der Waals surface area contributed by atoms with Crippen molar-refractivity contribution in [3.63, 3.8) is 0 Å². The van der Waals surface area contributed by atoms with Crippen molar-refractivity contribution in [3.8, 4) is 0 Å². The number of hydrogen-bond acceptors (Lipinski definition) is 2. The Morgan fingerprint density at radius 2 is 2.06 bits per heavy atom. The number of halogens is 2. The minimum atomic E-state index is -0.463. The quantitative estimate of drug-likeness (QED) is 0.771. The first-order valence-corrected chi connectivity index (χ1v) is 5.16. The molecule has 0 fully saturated rings. The van der Waals surface area contributed by atoms with Crippen molar-refractivity contribution in [2.24, 2.45) is 0 Å². The summed E-state index contributed by atoms with van der Waals surface area (Å²) < 4.78 is 26.2. The predicted molar refractivity (Wildman–Crippen MR) is 59.5 cm³/mol. The number of anilines is 1. The highest BCUT2D eigenvalue weighted by molar-refractivity contribution is 5.75. The number of carbonyl (C=O) groups is 1. The third-order valence-corrected chi connectivity index (χ3v) is 2.34. The molecule has 0 N–H and O–H groups in total. The van der Waals surface area contributed by atoms with Gasteiger partial charge in [-0.05, 0) is 25.5 Å². The second kappa shape index (κ2) is 5.58. The zero-order valence-corrected chi connectivity index (χ0v) is 9.46. The van der Waals surface area contributed by atoms with E-state index in [4.69, 9.17) is 0 Å². The van der Waals surface area contributed by atoms with E-state index in [2.05, 4.69) is 0 Å². The van der Waals surface area contributed by atoms with E-state index in [1.807, 2.05) is 0 Å². The van der Waals surface area contributed by atoms with Crippen LogP contribution in [0.15, 0.2) is 18.2 Å². The summed E-state index contributed by atoms with van der Waals surface area (Å²) in [7, 11) is 1.68. The number of Topliss-reactive ketones (excluding diaryl/α,β-unsaturated/α-hetero) is 1. The minimum absolute atomic E-state index is 0.105. The lowest BCUT2D eigenvalue weighted by molar-refractivity contribution is -0.117. The first kappa shape index (κ1) is 12.6. The van der Waals surface area contributed by atoms with Crippen LogP contribution in [0.5, 0.6) is 0 Å². The Morgan fingerprint density at radius 3 is 2.69 bits per heavy atom. The predicted octanol–water partition coefficient (Wildman–Crippen LogP) is 2.77. The van der Waals surface area contributed by atoms with Crippen molar-refractivity contribution in [1.82, 2.24) is 0 Å². The zero-order valence-electron chi connectivity index (χ0n) is 9.46. The van der Waals surface area contributed by atoms with Gasteiger partial charge in [-0.2, -0.15) is 0 Å². The van der Waals surface area contributed by atoms with E-state index < -0.39 is 11.6 Å². The maximum absolute atomic E-state index is 13.3. The number of hydrogen-bond donors (Lipinski definition) is 0. The monoisotopic (exact) mass is 227 g/mol. The van der Waals surface area contributed by atoms with Crippen LogP contribution in [0, 0.1) is 11.6 Å². The van der Waals surface area contributed by atoms with Crippen LogP contribution in [-0.4, -0.2) is 19.4 Å². The minimum Gasteiger partial charge on any atom is -0.372 e. The van der Waals surface area contributed by atoms with E-state index in [1.54, 1.807) is 11.9 Å². The van der Waals surface area contributed by atoms with Crippen LogP contribution in [0.3, 0.4) is 0 Å². The van der Waals surface area contributed by atoms with Crippen molar-refractivity contribution in [1.29, 1.82) is 0 Å². The average molecular weight is 227 g/mol. The van der Waals surface area contributed by atoms with Gasteiger partial charge in [0.25, 0.3) is 0 Å². The Kier molecular flexibility index (Phi) is 4.40. The SMILES string of the molecule is CC(=O)CCCN(C)c1cc(F)ccc1F. The summed E-state index contributed by atoms with van der Waals surface area (Å²) in [5.41, 5.74) is 0.226. The second-order valence-electron chi connectivity index (χ2n) is 3.82. The molecule has 0 spiro atoms. The fourth-order valence-electron chi connectivity index (χ4n) is 1.46. The lowest BCUT2D eigenvalue weighted by Crippen LogP contribution is -2.20. The first-order chi connectivity index (χ1) is 7.50. The number of ketones is 1. The Hall–Kier alpha value is -1.45. The summed E-state index contributed by atoms with van der Waals surface area (Å²) in [5.74, 6) is -0.811. The van der Waals surface area contributed by atoms with Crippen LogP contribution in [0.25, 0.3) is 0 Å². The van der Waals surface area contributed by atoms with Crippen molar-refractivity contribution < 1.29 is 13.6 Å². The van der Waals surface area contributed by atoms with Crippen molar-refractivity contribution in [2.45, 2.75) is 19.8 Å². The number of carbonyl (C=O) groups excluding carboxylic acids is 1. The van der Waals surface area contributed by atoms with E-state index >= 15 is 0 Å². The highest BCUT2D eigenvalue weighted by Crippen LogP contribution is 2.19. The molecule has 0 aliphatic rings. The largest absolute Gasteiger partial charge is 0.372 e. The van der Waals surface area contributed by atoms with Gasteiger partial charge >= 0.3 is 0 Å². The summed E-state index contributed by atoms with van der Waals surface area (Å²) in [4.78, 5) is 12.3. The molecule has 0 amide bonds. The van der Waals surface area contributed by atoms with Gasteiger partial charge in [0, 0.05) is 26.1 Å². The van der Waals surface area contributed by atoms with Crippen LogP contribution in [0.4, 0.5) is 14.5 Å². The Balaban J connectivity index is 2.61. The molecule has 0 saturated carbocycles. The third kappa shape index (κ3) is 3.61. The second-order valence-corrected chi connectivity index (χ2v) is 3.82. The molecule has 1 aromatic rings. The molecule has 2 nitrogen and oxygen atoms in total. The molecule has 0 aliphatic carbocycles. The molecule has 0 atom stereocenters. The zero-order chi connectivity index (χ0) is 12.1.